The monoisotopic (exact) mass is 372 g/mol. The molecule has 0 amide bonds. The molecule has 4 nitrogen and oxygen atoms in total. The molecule has 0 N–H and O–H groups in total. The molecule has 3 fully saturated rings. The molecule has 2 heterocycles. The standard InChI is InChI=1S/C22H33BO4/c1-20(2)21(3,4)27-23(26-20)17-9-8-10-18(15-17)25-19-11-14-24-22(16-19)12-6-5-7-13-22/h8-10,15,19H,5-7,11-14,16H2,1-4H3. The van der Waals surface area contributed by atoms with Crippen LogP contribution in [0, 0.1) is 0 Å². The Balaban J connectivity index is 1.44. The quantitative estimate of drug-likeness (QED) is 0.744. The van der Waals surface area contributed by atoms with Crippen LogP contribution in [0.2, 0.25) is 0 Å². The average Bonchev–Trinajstić information content (AvgIpc) is 2.84. The Bertz CT molecular complexity index is 645. The number of hydrogen-bond donors (Lipinski definition) is 0. The maximum atomic E-state index is 6.40. The van der Waals surface area contributed by atoms with Crippen LogP contribution in [0.15, 0.2) is 24.3 Å². The van der Waals surface area contributed by atoms with Crippen molar-refractivity contribution in [1.82, 2.24) is 0 Å². The maximum absolute atomic E-state index is 6.40. The molecule has 2 saturated heterocycles. The van der Waals surface area contributed by atoms with Crippen molar-refractivity contribution in [2.75, 3.05) is 6.61 Å². The summed E-state index contributed by atoms with van der Waals surface area (Å²) < 4.78 is 25.0. The number of rotatable bonds is 3. The van der Waals surface area contributed by atoms with Gasteiger partial charge in [-0.25, -0.2) is 0 Å². The van der Waals surface area contributed by atoms with Crippen LogP contribution in [0.5, 0.6) is 5.75 Å². The second kappa shape index (κ2) is 7.09. The molecular formula is C22H33BO4. The first-order valence-electron chi connectivity index (χ1n) is 10.5. The van der Waals surface area contributed by atoms with Gasteiger partial charge < -0.3 is 18.8 Å². The van der Waals surface area contributed by atoms with Gasteiger partial charge in [0.05, 0.1) is 23.4 Å². The van der Waals surface area contributed by atoms with E-state index in [4.69, 9.17) is 18.8 Å². The average molecular weight is 372 g/mol. The summed E-state index contributed by atoms with van der Waals surface area (Å²) in [6.07, 6.45) is 8.46. The van der Waals surface area contributed by atoms with Crippen molar-refractivity contribution in [3.63, 3.8) is 0 Å². The van der Waals surface area contributed by atoms with Gasteiger partial charge in [0.2, 0.25) is 0 Å². The lowest BCUT2D eigenvalue weighted by molar-refractivity contribution is -0.129. The Hall–Kier alpha value is -1.04. The van der Waals surface area contributed by atoms with Crippen molar-refractivity contribution in [1.29, 1.82) is 0 Å². The van der Waals surface area contributed by atoms with Gasteiger partial charge in [-0.1, -0.05) is 31.4 Å². The van der Waals surface area contributed by atoms with E-state index >= 15 is 0 Å². The summed E-state index contributed by atoms with van der Waals surface area (Å²) in [6.45, 7) is 9.14. The number of ether oxygens (including phenoxy) is 2. The Kier molecular flexibility index (Phi) is 5.07. The molecule has 1 spiro atoms. The molecule has 1 aromatic carbocycles. The van der Waals surface area contributed by atoms with Crippen molar-refractivity contribution in [2.45, 2.75) is 95.5 Å². The van der Waals surface area contributed by atoms with Gasteiger partial charge >= 0.3 is 7.12 Å². The highest BCUT2D eigenvalue weighted by molar-refractivity contribution is 6.62. The van der Waals surface area contributed by atoms with E-state index in [2.05, 4.69) is 39.8 Å². The molecule has 3 aliphatic rings. The molecule has 0 aromatic heterocycles. The van der Waals surface area contributed by atoms with Crippen molar-refractivity contribution in [2.24, 2.45) is 0 Å². The molecule has 1 aliphatic carbocycles. The Morgan fingerprint density at radius 3 is 2.41 bits per heavy atom. The molecule has 1 aromatic rings. The van der Waals surface area contributed by atoms with Crippen molar-refractivity contribution >= 4 is 12.6 Å². The summed E-state index contributed by atoms with van der Waals surface area (Å²) in [6, 6.07) is 8.20. The maximum Gasteiger partial charge on any atom is 0.494 e. The minimum absolute atomic E-state index is 0.0600. The summed E-state index contributed by atoms with van der Waals surface area (Å²) in [5.41, 5.74) is 0.418. The third kappa shape index (κ3) is 3.92. The van der Waals surface area contributed by atoms with E-state index in [0.717, 1.165) is 30.7 Å². The fraction of sp³-hybridized carbons (Fsp3) is 0.727. The molecule has 5 heteroatoms. The largest absolute Gasteiger partial charge is 0.494 e. The zero-order valence-corrected chi connectivity index (χ0v) is 17.3. The van der Waals surface area contributed by atoms with Crippen LogP contribution < -0.4 is 10.2 Å². The Morgan fingerprint density at radius 1 is 1.00 bits per heavy atom. The number of hydrogen-bond acceptors (Lipinski definition) is 4. The molecule has 4 rings (SSSR count). The first kappa shape index (κ1) is 19.3. The highest BCUT2D eigenvalue weighted by Crippen LogP contribution is 2.40. The zero-order valence-electron chi connectivity index (χ0n) is 17.3. The van der Waals surface area contributed by atoms with Crippen LogP contribution in [0.3, 0.4) is 0 Å². The smallest absolute Gasteiger partial charge is 0.490 e. The van der Waals surface area contributed by atoms with Crippen LogP contribution in [-0.4, -0.2) is 36.6 Å². The minimum Gasteiger partial charge on any atom is -0.490 e. The van der Waals surface area contributed by atoms with Crippen LogP contribution in [0.4, 0.5) is 0 Å². The lowest BCUT2D eigenvalue weighted by atomic mass is 9.78. The van der Waals surface area contributed by atoms with Gasteiger partial charge in [-0.2, -0.15) is 0 Å². The Morgan fingerprint density at radius 2 is 1.70 bits per heavy atom. The molecule has 2 aliphatic heterocycles. The van der Waals surface area contributed by atoms with E-state index in [1.165, 1.54) is 32.1 Å². The lowest BCUT2D eigenvalue weighted by Gasteiger charge is -2.43. The van der Waals surface area contributed by atoms with E-state index in [9.17, 15) is 0 Å². The summed E-state index contributed by atoms with van der Waals surface area (Å²) in [5, 5.41) is 0. The highest BCUT2D eigenvalue weighted by Gasteiger charge is 2.51. The van der Waals surface area contributed by atoms with Crippen LogP contribution in [-0.2, 0) is 14.0 Å². The second-order valence-corrected chi connectivity index (χ2v) is 9.49. The lowest BCUT2D eigenvalue weighted by Crippen LogP contribution is -2.45. The van der Waals surface area contributed by atoms with Crippen molar-refractivity contribution < 1.29 is 18.8 Å². The third-order valence-electron chi connectivity index (χ3n) is 6.90. The molecule has 1 atom stereocenters. The van der Waals surface area contributed by atoms with Gasteiger partial charge in [0.1, 0.15) is 11.9 Å². The second-order valence-electron chi connectivity index (χ2n) is 9.49. The molecule has 27 heavy (non-hydrogen) atoms. The van der Waals surface area contributed by atoms with Gasteiger partial charge in [-0.15, -0.1) is 0 Å². The first-order valence-corrected chi connectivity index (χ1v) is 10.5. The van der Waals surface area contributed by atoms with E-state index in [1.807, 2.05) is 12.1 Å². The number of benzene rings is 1. The summed E-state index contributed by atoms with van der Waals surface area (Å²) in [7, 11) is -0.349. The van der Waals surface area contributed by atoms with Crippen molar-refractivity contribution in [3.05, 3.63) is 24.3 Å². The predicted octanol–water partition coefficient (Wildman–Crippen LogP) is 4.25. The minimum atomic E-state index is -0.349. The van der Waals surface area contributed by atoms with Crippen LogP contribution >= 0.6 is 0 Å². The highest BCUT2D eigenvalue weighted by atomic mass is 16.7. The normalized spacial score (nSPS) is 29.0. The van der Waals surface area contributed by atoms with Crippen LogP contribution in [0.1, 0.15) is 72.6 Å². The third-order valence-corrected chi connectivity index (χ3v) is 6.90. The molecule has 0 bridgehead atoms. The topological polar surface area (TPSA) is 36.9 Å². The van der Waals surface area contributed by atoms with E-state index in [-0.39, 0.29) is 30.0 Å². The van der Waals surface area contributed by atoms with Gasteiger partial charge in [-0.3, -0.25) is 0 Å². The first-order chi connectivity index (χ1) is 12.8. The van der Waals surface area contributed by atoms with Gasteiger partial charge in [0.15, 0.2) is 0 Å². The fourth-order valence-corrected chi connectivity index (χ4v) is 4.53. The van der Waals surface area contributed by atoms with E-state index < -0.39 is 0 Å². The van der Waals surface area contributed by atoms with Gasteiger partial charge in [0, 0.05) is 12.8 Å². The zero-order chi connectivity index (χ0) is 19.1. The Labute approximate surface area is 164 Å². The molecule has 1 unspecified atom stereocenters. The van der Waals surface area contributed by atoms with Crippen molar-refractivity contribution in [3.8, 4) is 5.75 Å². The molecule has 148 valence electrons. The summed E-state index contributed by atoms with van der Waals surface area (Å²) >= 11 is 0. The molecule has 1 saturated carbocycles. The predicted molar refractivity (Wildman–Crippen MR) is 108 cm³/mol. The summed E-state index contributed by atoms with van der Waals surface area (Å²) in [5.74, 6) is 0.903. The van der Waals surface area contributed by atoms with E-state index in [0.29, 0.717) is 0 Å². The molecular weight excluding hydrogens is 339 g/mol. The van der Waals surface area contributed by atoms with E-state index in [1.54, 1.807) is 0 Å². The van der Waals surface area contributed by atoms with Crippen LogP contribution in [0.25, 0.3) is 0 Å². The molecule has 0 radical (unpaired) electrons. The SMILES string of the molecule is CC1(C)OB(c2cccc(OC3CCOC4(CCCCC4)C3)c2)OC1(C)C. The van der Waals surface area contributed by atoms with Gasteiger partial charge in [0.25, 0.3) is 0 Å². The fourth-order valence-electron chi connectivity index (χ4n) is 4.53. The van der Waals surface area contributed by atoms with Gasteiger partial charge in [-0.05, 0) is 58.1 Å². The summed E-state index contributed by atoms with van der Waals surface area (Å²) in [4.78, 5) is 0.